The van der Waals surface area contributed by atoms with Gasteiger partial charge in [0.25, 0.3) is 0 Å². The van der Waals surface area contributed by atoms with E-state index in [4.69, 9.17) is 15.5 Å². The number of anilines is 1. The largest absolute Gasteiger partial charge is 0.431 e. The van der Waals surface area contributed by atoms with E-state index in [-0.39, 0.29) is 11.6 Å². The summed E-state index contributed by atoms with van der Waals surface area (Å²) in [5.74, 6) is 0.777. The smallest absolute Gasteiger partial charge is 0.387 e. The first-order chi connectivity index (χ1) is 13.6. The van der Waals surface area contributed by atoms with Crippen molar-refractivity contribution in [2.75, 3.05) is 32.0 Å². The highest BCUT2D eigenvalue weighted by atomic mass is 19.3. The van der Waals surface area contributed by atoms with Gasteiger partial charge in [0.05, 0.1) is 24.9 Å². The van der Waals surface area contributed by atoms with Gasteiger partial charge in [-0.2, -0.15) is 8.78 Å². The summed E-state index contributed by atoms with van der Waals surface area (Å²) >= 11 is 0. The Hall–Kier alpha value is -2.32. The fourth-order valence-electron chi connectivity index (χ4n) is 3.79. The van der Waals surface area contributed by atoms with Crippen molar-refractivity contribution >= 4 is 5.82 Å². The number of nitrogens with two attached hydrogens (primary N) is 1. The number of aromatic nitrogens is 2. The summed E-state index contributed by atoms with van der Waals surface area (Å²) in [5.41, 5.74) is 9.36. The first-order valence-electron chi connectivity index (χ1n) is 9.61. The number of ether oxygens (including phenoxy) is 2. The van der Waals surface area contributed by atoms with E-state index >= 15 is 0 Å². The molecule has 0 aromatic carbocycles. The van der Waals surface area contributed by atoms with E-state index < -0.39 is 6.61 Å². The predicted molar refractivity (Wildman–Crippen MR) is 99.4 cm³/mol. The molecule has 8 heteroatoms. The second kappa shape index (κ2) is 6.93. The number of pyridine rings is 2. The number of hydrogen-bond donors (Lipinski definition) is 1. The number of alkyl halides is 2. The quantitative estimate of drug-likeness (QED) is 0.820. The van der Waals surface area contributed by atoms with Crippen molar-refractivity contribution in [2.24, 2.45) is 0 Å². The zero-order valence-electron chi connectivity index (χ0n) is 15.4. The summed E-state index contributed by atoms with van der Waals surface area (Å²) in [6, 6.07) is 6.30. The lowest BCUT2D eigenvalue weighted by Crippen LogP contribution is -2.58. The van der Waals surface area contributed by atoms with Gasteiger partial charge in [-0.15, -0.1) is 0 Å². The number of nitrogen functional groups attached to an aromatic ring is 1. The molecule has 3 aliphatic rings. The van der Waals surface area contributed by atoms with Gasteiger partial charge >= 0.3 is 6.61 Å². The van der Waals surface area contributed by atoms with E-state index in [0.717, 1.165) is 50.5 Å². The van der Waals surface area contributed by atoms with E-state index in [1.54, 1.807) is 6.20 Å². The maximum Gasteiger partial charge on any atom is 0.387 e. The van der Waals surface area contributed by atoms with Gasteiger partial charge in [0.15, 0.2) is 11.6 Å². The normalized spacial score (nSPS) is 20.8. The molecule has 0 amide bonds. The third-order valence-electron chi connectivity index (χ3n) is 5.77. The van der Waals surface area contributed by atoms with Gasteiger partial charge in [0.1, 0.15) is 0 Å². The highest BCUT2D eigenvalue weighted by Crippen LogP contribution is 2.42. The standard InChI is InChI=1S/C20H22F2N4O2/c21-20(22)28-18-5-13(6-24-19(18)23)17-4-12(3-16(25-17)11-1-2-11)14-7-26(8-14)15-9-27-10-15/h3-6,11,14-15,20H,1-2,7-10H2,(H2,23,24). The van der Waals surface area contributed by atoms with Crippen molar-refractivity contribution in [2.45, 2.75) is 37.3 Å². The van der Waals surface area contributed by atoms with Crippen LogP contribution in [0, 0.1) is 0 Å². The highest BCUT2D eigenvalue weighted by molar-refractivity contribution is 5.65. The molecular formula is C20H22F2N4O2. The van der Waals surface area contributed by atoms with Crippen LogP contribution < -0.4 is 10.5 Å². The van der Waals surface area contributed by atoms with Crippen LogP contribution >= 0.6 is 0 Å². The van der Waals surface area contributed by atoms with Gasteiger partial charge in [-0.3, -0.25) is 9.88 Å². The molecular weight excluding hydrogens is 366 g/mol. The Kier molecular flexibility index (Phi) is 4.40. The van der Waals surface area contributed by atoms with Crippen LogP contribution in [0.4, 0.5) is 14.6 Å². The summed E-state index contributed by atoms with van der Waals surface area (Å²) in [6.45, 7) is 0.733. The van der Waals surface area contributed by atoms with Crippen LogP contribution in [0.1, 0.15) is 35.9 Å². The van der Waals surface area contributed by atoms with Gasteiger partial charge < -0.3 is 15.2 Å². The molecule has 1 aliphatic carbocycles. The Balaban J connectivity index is 1.43. The molecule has 4 heterocycles. The number of likely N-dealkylation sites (tertiary alicyclic amines) is 1. The van der Waals surface area contributed by atoms with Crippen molar-refractivity contribution in [3.05, 3.63) is 35.7 Å². The average Bonchev–Trinajstić information content (AvgIpc) is 3.42. The van der Waals surface area contributed by atoms with Crippen LogP contribution in [-0.2, 0) is 4.74 Å². The summed E-state index contributed by atoms with van der Waals surface area (Å²) in [5, 5.41) is 0. The van der Waals surface area contributed by atoms with Crippen LogP contribution in [0.25, 0.3) is 11.3 Å². The van der Waals surface area contributed by atoms with E-state index in [2.05, 4.69) is 20.7 Å². The summed E-state index contributed by atoms with van der Waals surface area (Å²) in [4.78, 5) is 11.2. The van der Waals surface area contributed by atoms with Crippen molar-refractivity contribution in [1.82, 2.24) is 14.9 Å². The summed E-state index contributed by atoms with van der Waals surface area (Å²) in [7, 11) is 0. The second-order valence-electron chi connectivity index (χ2n) is 7.81. The van der Waals surface area contributed by atoms with Crippen LogP contribution in [0.3, 0.4) is 0 Å². The minimum Gasteiger partial charge on any atom is -0.431 e. The molecule has 2 saturated heterocycles. The highest BCUT2D eigenvalue weighted by Gasteiger charge is 2.37. The van der Waals surface area contributed by atoms with Crippen molar-refractivity contribution in [3.8, 4) is 17.0 Å². The molecule has 28 heavy (non-hydrogen) atoms. The van der Waals surface area contributed by atoms with E-state index in [1.807, 2.05) is 6.07 Å². The molecule has 2 N–H and O–H groups in total. The Morgan fingerprint density at radius 1 is 1.14 bits per heavy atom. The van der Waals surface area contributed by atoms with Gasteiger partial charge in [-0.25, -0.2) is 4.98 Å². The first-order valence-corrected chi connectivity index (χ1v) is 9.61. The molecule has 0 unspecified atom stereocenters. The molecule has 0 bridgehead atoms. The van der Waals surface area contributed by atoms with Crippen molar-refractivity contribution in [3.63, 3.8) is 0 Å². The van der Waals surface area contributed by atoms with E-state index in [0.29, 0.717) is 23.4 Å². The molecule has 0 atom stereocenters. The molecule has 2 aliphatic heterocycles. The molecule has 1 saturated carbocycles. The number of rotatable bonds is 6. The number of hydrogen-bond acceptors (Lipinski definition) is 6. The number of nitrogens with zero attached hydrogens (tertiary/aromatic N) is 3. The SMILES string of the molecule is Nc1ncc(-c2cc(C3CN(C4COC4)C3)cc(C3CC3)n2)cc1OC(F)F. The Labute approximate surface area is 161 Å². The third kappa shape index (κ3) is 3.42. The number of halogens is 2. The molecule has 5 rings (SSSR count). The fourth-order valence-corrected chi connectivity index (χ4v) is 3.79. The van der Waals surface area contributed by atoms with E-state index in [1.165, 1.54) is 11.6 Å². The molecule has 0 radical (unpaired) electrons. The van der Waals surface area contributed by atoms with Gasteiger partial charge in [-0.1, -0.05) is 0 Å². The van der Waals surface area contributed by atoms with E-state index in [9.17, 15) is 8.78 Å². The summed E-state index contributed by atoms with van der Waals surface area (Å²) in [6.07, 6.45) is 3.85. The van der Waals surface area contributed by atoms with Crippen LogP contribution in [0.5, 0.6) is 5.75 Å². The molecule has 0 spiro atoms. The minimum absolute atomic E-state index is 0.0556. The lowest BCUT2D eigenvalue weighted by Gasteiger charge is -2.47. The van der Waals surface area contributed by atoms with Crippen LogP contribution in [-0.4, -0.2) is 53.8 Å². The fraction of sp³-hybridized carbons (Fsp3) is 0.500. The first kappa shape index (κ1) is 17.8. The van der Waals surface area contributed by atoms with Crippen molar-refractivity contribution in [1.29, 1.82) is 0 Å². The molecule has 6 nitrogen and oxygen atoms in total. The zero-order chi connectivity index (χ0) is 19.3. The van der Waals surface area contributed by atoms with Crippen molar-refractivity contribution < 1.29 is 18.3 Å². The Morgan fingerprint density at radius 3 is 2.57 bits per heavy atom. The van der Waals surface area contributed by atoms with Gasteiger partial charge in [0.2, 0.25) is 0 Å². The van der Waals surface area contributed by atoms with Crippen LogP contribution in [0.15, 0.2) is 24.4 Å². The van der Waals surface area contributed by atoms with Gasteiger partial charge in [0, 0.05) is 42.4 Å². The predicted octanol–water partition coefficient (Wildman–Crippen LogP) is 3.00. The Bertz CT molecular complexity index is 881. The van der Waals surface area contributed by atoms with Crippen LogP contribution in [0.2, 0.25) is 0 Å². The molecule has 3 fully saturated rings. The minimum atomic E-state index is -2.95. The topological polar surface area (TPSA) is 73.5 Å². The second-order valence-corrected chi connectivity index (χ2v) is 7.81. The van der Waals surface area contributed by atoms with Gasteiger partial charge in [-0.05, 0) is 36.6 Å². The average molecular weight is 388 g/mol. The molecule has 148 valence electrons. The third-order valence-corrected chi connectivity index (χ3v) is 5.77. The summed E-state index contributed by atoms with van der Waals surface area (Å²) < 4.78 is 35.1. The molecule has 2 aromatic rings. The maximum absolute atomic E-state index is 12.6. The lowest BCUT2D eigenvalue weighted by atomic mass is 9.88. The Morgan fingerprint density at radius 2 is 1.93 bits per heavy atom. The zero-order valence-corrected chi connectivity index (χ0v) is 15.4. The monoisotopic (exact) mass is 388 g/mol. The maximum atomic E-state index is 12.6. The molecule has 2 aromatic heterocycles. The lowest BCUT2D eigenvalue weighted by molar-refractivity contribution is -0.0906.